The van der Waals surface area contributed by atoms with Crippen LogP contribution in [0, 0.1) is 24.1 Å². The summed E-state index contributed by atoms with van der Waals surface area (Å²) in [7, 11) is 0. The number of nitrogens with zero attached hydrogens (tertiary/aromatic N) is 3. The molecular formula is C18H26FN3O2. The van der Waals surface area contributed by atoms with Gasteiger partial charge in [0.15, 0.2) is 0 Å². The molecule has 0 bridgehead atoms. The van der Waals surface area contributed by atoms with E-state index < -0.39 is 6.10 Å². The first-order chi connectivity index (χ1) is 11.6. The second-order valence-corrected chi connectivity index (χ2v) is 6.18. The van der Waals surface area contributed by atoms with Crippen LogP contribution in [0.5, 0.6) is 0 Å². The van der Waals surface area contributed by atoms with E-state index in [1.165, 1.54) is 12.1 Å². The standard InChI is InChI=1S/C18H26FN3O2/c1-15-13-16(19)3-4-17(15)18(23)14-22(6-2-5-20)8-7-21-9-11-24-12-10-21/h3-4,13,18,23H,2,6-12,14H2,1H3. The number of aryl methyl sites for hydroxylation is 1. The van der Waals surface area contributed by atoms with E-state index in [0.717, 1.165) is 50.5 Å². The maximum absolute atomic E-state index is 13.2. The van der Waals surface area contributed by atoms with Crippen molar-refractivity contribution in [2.45, 2.75) is 19.4 Å². The van der Waals surface area contributed by atoms with Crippen molar-refractivity contribution in [3.63, 3.8) is 0 Å². The highest BCUT2D eigenvalue weighted by atomic mass is 19.1. The first-order valence-corrected chi connectivity index (χ1v) is 8.43. The minimum Gasteiger partial charge on any atom is -0.387 e. The zero-order chi connectivity index (χ0) is 17.4. The van der Waals surface area contributed by atoms with Crippen molar-refractivity contribution in [3.8, 4) is 6.07 Å². The van der Waals surface area contributed by atoms with Gasteiger partial charge >= 0.3 is 0 Å². The number of hydrogen-bond donors (Lipinski definition) is 1. The molecule has 6 heteroatoms. The zero-order valence-corrected chi connectivity index (χ0v) is 14.2. The summed E-state index contributed by atoms with van der Waals surface area (Å²) >= 11 is 0. The van der Waals surface area contributed by atoms with Crippen molar-refractivity contribution in [1.82, 2.24) is 9.80 Å². The summed E-state index contributed by atoms with van der Waals surface area (Å²) in [6, 6.07) is 6.61. The lowest BCUT2D eigenvalue weighted by molar-refractivity contribution is 0.0300. The molecule has 1 aromatic carbocycles. The molecule has 0 aliphatic carbocycles. The maximum Gasteiger partial charge on any atom is 0.123 e. The zero-order valence-electron chi connectivity index (χ0n) is 14.2. The Morgan fingerprint density at radius 3 is 2.79 bits per heavy atom. The van der Waals surface area contributed by atoms with Crippen LogP contribution in [0.25, 0.3) is 0 Å². The normalized spacial score (nSPS) is 17.0. The largest absolute Gasteiger partial charge is 0.387 e. The van der Waals surface area contributed by atoms with Gasteiger partial charge in [-0.25, -0.2) is 4.39 Å². The van der Waals surface area contributed by atoms with Gasteiger partial charge in [-0.05, 0) is 30.2 Å². The second kappa shape index (κ2) is 9.70. The Balaban J connectivity index is 1.92. The SMILES string of the molecule is Cc1cc(F)ccc1C(O)CN(CCC#N)CCN1CCOCC1. The summed E-state index contributed by atoms with van der Waals surface area (Å²) in [5.74, 6) is -0.294. The Hall–Kier alpha value is -1.52. The number of morpholine rings is 1. The van der Waals surface area contributed by atoms with Gasteiger partial charge in [0.25, 0.3) is 0 Å². The number of aliphatic hydroxyl groups excluding tert-OH is 1. The van der Waals surface area contributed by atoms with Crippen molar-refractivity contribution in [3.05, 3.63) is 35.1 Å². The van der Waals surface area contributed by atoms with Crippen LogP contribution in [0.15, 0.2) is 18.2 Å². The molecule has 0 radical (unpaired) electrons. The van der Waals surface area contributed by atoms with Gasteiger partial charge in [-0.2, -0.15) is 5.26 Å². The number of halogens is 1. The Labute approximate surface area is 143 Å². The molecule has 1 aliphatic rings. The number of aliphatic hydroxyl groups is 1. The predicted molar refractivity (Wildman–Crippen MR) is 90.0 cm³/mol. The van der Waals surface area contributed by atoms with E-state index >= 15 is 0 Å². The monoisotopic (exact) mass is 335 g/mol. The Bertz CT molecular complexity index is 556. The van der Waals surface area contributed by atoms with Crippen LogP contribution in [0.3, 0.4) is 0 Å². The molecule has 0 amide bonds. The van der Waals surface area contributed by atoms with Gasteiger partial charge in [-0.3, -0.25) is 9.80 Å². The van der Waals surface area contributed by atoms with E-state index in [1.54, 1.807) is 13.0 Å². The van der Waals surface area contributed by atoms with Crippen LogP contribution in [-0.2, 0) is 4.74 Å². The molecule has 132 valence electrons. The molecule has 1 N–H and O–H groups in total. The molecule has 24 heavy (non-hydrogen) atoms. The lowest BCUT2D eigenvalue weighted by atomic mass is 10.0. The third kappa shape index (κ3) is 5.84. The molecule has 1 heterocycles. The van der Waals surface area contributed by atoms with Gasteiger partial charge in [0.2, 0.25) is 0 Å². The highest BCUT2D eigenvalue weighted by Crippen LogP contribution is 2.20. The number of rotatable bonds is 8. The average Bonchev–Trinajstić information content (AvgIpc) is 2.58. The van der Waals surface area contributed by atoms with Crippen molar-refractivity contribution >= 4 is 0 Å². The number of hydrogen-bond acceptors (Lipinski definition) is 5. The summed E-state index contributed by atoms with van der Waals surface area (Å²) in [6.45, 7) is 7.91. The smallest absolute Gasteiger partial charge is 0.123 e. The number of ether oxygens (including phenoxy) is 1. The third-order valence-corrected chi connectivity index (χ3v) is 4.40. The average molecular weight is 335 g/mol. The molecule has 1 atom stereocenters. The molecule has 5 nitrogen and oxygen atoms in total. The van der Waals surface area contributed by atoms with Crippen LogP contribution in [0.4, 0.5) is 4.39 Å². The van der Waals surface area contributed by atoms with Crippen LogP contribution >= 0.6 is 0 Å². The Morgan fingerprint density at radius 1 is 1.38 bits per heavy atom. The van der Waals surface area contributed by atoms with Crippen molar-refractivity contribution < 1.29 is 14.2 Å². The fraction of sp³-hybridized carbons (Fsp3) is 0.611. The van der Waals surface area contributed by atoms with Gasteiger partial charge < -0.3 is 9.84 Å². The van der Waals surface area contributed by atoms with E-state index in [0.29, 0.717) is 19.5 Å². The quantitative estimate of drug-likeness (QED) is 0.784. The van der Waals surface area contributed by atoms with Crippen molar-refractivity contribution in [2.75, 3.05) is 52.5 Å². The topological polar surface area (TPSA) is 59.7 Å². The lowest BCUT2D eigenvalue weighted by Crippen LogP contribution is -2.42. The van der Waals surface area contributed by atoms with Crippen molar-refractivity contribution in [1.29, 1.82) is 5.26 Å². The highest BCUT2D eigenvalue weighted by molar-refractivity contribution is 5.28. The lowest BCUT2D eigenvalue weighted by Gasteiger charge is -2.31. The number of benzene rings is 1. The maximum atomic E-state index is 13.2. The first kappa shape index (κ1) is 18.8. The summed E-state index contributed by atoms with van der Waals surface area (Å²) in [5, 5.41) is 19.4. The van der Waals surface area contributed by atoms with Gasteiger partial charge in [0.1, 0.15) is 5.82 Å². The van der Waals surface area contributed by atoms with Gasteiger partial charge in [0, 0.05) is 45.7 Å². The molecular weight excluding hydrogens is 309 g/mol. The Morgan fingerprint density at radius 2 is 2.12 bits per heavy atom. The molecule has 1 saturated heterocycles. The van der Waals surface area contributed by atoms with Gasteiger partial charge in [-0.1, -0.05) is 6.07 Å². The molecule has 1 aromatic rings. The molecule has 1 aliphatic heterocycles. The minimum atomic E-state index is -0.686. The highest BCUT2D eigenvalue weighted by Gasteiger charge is 2.17. The summed E-state index contributed by atoms with van der Waals surface area (Å²) in [6.07, 6.45) is -0.257. The summed E-state index contributed by atoms with van der Waals surface area (Å²) in [4.78, 5) is 4.44. The Kier molecular flexibility index (Phi) is 7.60. The van der Waals surface area contributed by atoms with Gasteiger partial charge in [0.05, 0.1) is 25.4 Å². The summed E-state index contributed by atoms with van der Waals surface area (Å²) in [5.41, 5.74) is 1.49. The summed E-state index contributed by atoms with van der Waals surface area (Å²) < 4.78 is 18.6. The van der Waals surface area contributed by atoms with Crippen LogP contribution in [0.1, 0.15) is 23.7 Å². The number of nitriles is 1. The molecule has 0 aromatic heterocycles. The van der Waals surface area contributed by atoms with E-state index in [4.69, 9.17) is 10.00 Å². The van der Waals surface area contributed by atoms with Crippen LogP contribution < -0.4 is 0 Å². The molecule has 1 unspecified atom stereocenters. The molecule has 0 spiro atoms. The minimum absolute atomic E-state index is 0.294. The van der Waals surface area contributed by atoms with E-state index in [9.17, 15) is 9.50 Å². The van der Waals surface area contributed by atoms with Crippen LogP contribution in [0.2, 0.25) is 0 Å². The predicted octanol–water partition coefficient (Wildman–Crippen LogP) is 1.72. The van der Waals surface area contributed by atoms with Crippen LogP contribution in [-0.4, -0.2) is 67.4 Å². The van der Waals surface area contributed by atoms with E-state index in [2.05, 4.69) is 15.9 Å². The van der Waals surface area contributed by atoms with E-state index in [-0.39, 0.29) is 5.82 Å². The van der Waals surface area contributed by atoms with E-state index in [1.807, 2.05) is 0 Å². The first-order valence-electron chi connectivity index (χ1n) is 8.43. The molecule has 0 saturated carbocycles. The molecule has 2 rings (SSSR count). The van der Waals surface area contributed by atoms with Crippen molar-refractivity contribution in [2.24, 2.45) is 0 Å². The van der Waals surface area contributed by atoms with Gasteiger partial charge in [-0.15, -0.1) is 0 Å². The third-order valence-electron chi connectivity index (χ3n) is 4.40. The fourth-order valence-electron chi connectivity index (χ4n) is 2.97. The molecule has 1 fully saturated rings. The second-order valence-electron chi connectivity index (χ2n) is 6.18. The fourth-order valence-corrected chi connectivity index (χ4v) is 2.97.